The van der Waals surface area contributed by atoms with Crippen LogP contribution in [0.2, 0.25) is 0 Å². The van der Waals surface area contributed by atoms with Crippen LogP contribution in [0.3, 0.4) is 0 Å². The number of fused-ring (bicyclic) bond motifs is 2. The normalized spacial score (nSPS) is 27.5. The molecule has 2 aromatic rings. The standard InChI is InChI=1S/C19H19F2NO2/c20-19(21)16-7-3-4-10-18(16,19)11-17(24)22-14-8-9-15(23)13-6-2-1-5-12(13)14/h1-2,5-6,8-9,16,23H,3-4,7,10-11H2,(H,22,24). The highest BCUT2D eigenvalue weighted by Crippen LogP contribution is 2.73. The van der Waals surface area contributed by atoms with Crippen LogP contribution in [0.5, 0.6) is 5.75 Å². The number of phenolic OH excluding ortho intramolecular Hbond substituents is 1. The van der Waals surface area contributed by atoms with Crippen molar-refractivity contribution < 1.29 is 18.7 Å². The summed E-state index contributed by atoms with van der Waals surface area (Å²) in [5.74, 6) is -3.60. The molecule has 0 saturated heterocycles. The molecule has 0 spiro atoms. The number of hydrogen-bond acceptors (Lipinski definition) is 2. The number of nitrogens with one attached hydrogen (secondary N) is 1. The maximum absolute atomic E-state index is 14.1. The number of anilines is 1. The van der Waals surface area contributed by atoms with E-state index >= 15 is 0 Å². The Morgan fingerprint density at radius 3 is 2.67 bits per heavy atom. The topological polar surface area (TPSA) is 49.3 Å². The van der Waals surface area contributed by atoms with E-state index in [0.717, 1.165) is 12.8 Å². The first-order chi connectivity index (χ1) is 11.5. The number of phenols is 1. The first kappa shape index (κ1) is 15.4. The predicted octanol–water partition coefficient (Wildman–Crippen LogP) is 4.70. The van der Waals surface area contributed by atoms with Gasteiger partial charge in [0.2, 0.25) is 5.91 Å². The van der Waals surface area contributed by atoms with Gasteiger partial charge in [0.05, 0.1) is 5.41 Å². The van der Waals surface area contributed by atoms with Crippen molar-refractivity contribution in [1.29, 1.82) is 0 Å². The summed E-state index contributed by atoms with van der Waals surface area (Å²) in [6, 6.07) is 10.3. The van der Waals surface area contributed by atoms with Gasteiger partial charge in [0.25, 0.3) is 5.92 Å². The lowest BCUT2D eigenvalue weighted by atomic mass is 9.85. The van der Waals surface area contributed by atoms with Crippen molar-refractivity contribution in [3.63, 3.8) is 0 Å². The summed E-state index contributed by atoms with van der Waals surface area (Å²) in [6.07, 6.45) is 2.39. The Labute approximate surface area is 138 Å². The zero-order valence-electron chi connectivity index (χ0n) is 13.2. The fourth-order valence-electron chi connectivity index (χ4n) is 4.38. The van der Waals surface area contributed by atoms with Gasteiger partial charge in [-0.1, -0.05) is 37.1 Å². The number of alkyl halides is 2. The van der Waals surface area contributed by atoms with E-state index in [-0.39, 0.29) is 18.1 Å². The number of rotatable bonds is 3. The van der Waals surface area contributed by atoms with Gasteiger partial charge in [0, 0.05) is 28.8 Å². The molecule has 126 valence electrons. The Morgan fingerprint density at radius 1 is 1.17 bits per heavy atom. The highest BCUT2D eigenvalue weighted by molar-refractivity contribution is 6.04. The summed E-state index contributed by atoms with van der Waals surface area (Å²) in [5, 5.41) is 14.0. The molecular weight excluding hydrogens is 312 g/mol. The number of carbonyl (C=O) groups excluding carboxylic acids is 1. The van der Waals surface area contributed by atoms with Crippen LogP contribution in [0.25, 0.3) is 10.8 Å². The van der Waals surface area contributed by atoms with Gasteiger partial charge in [-0.05, 0) is 25.0 Å². The molecule has 2 aliphatic carbocycles. The maximum atomic E-state index is 14.1. The third-order valence-electron chi connectivity index (χ3n) is 5.70. The average molecular weight is 331 g/mol. The molecule has 2 atom stereocenters. The molecule has 0 bridgehead atoms. The van der Waals surface area contributed by atoms with Gasteiger partial charge in [-0.25, -0.2) is 8.78 Å². The number of hydrogen-bond donors (Lipinski definition) is 2. The van der Waals surface area contributed by atoms with E-state index in [1.807, 2.05) is 6.07 Å². The lowest BCUT2D eigenvalue weighted by Crippen LogP contribution is -2.23. The Kier molecular flexibility index (Phi) is 3.31. The largest absolute Gasteiger partial charge is 0.507 e. The number of halogens is 2. The highest BCUT2D eigenvalue weighted by Gasteiger charge is 2.80. The molecule has 3 nitrogen and oxygen atoms in total. The van der Waals surface area contributed by atoms with Crippen molar-refractivity contribution in [3.8, 4) is 5.75 Å². The van der Waals surface area contributed by atoms with Crippen LogP contribution in [0.1, 0.15) is 32.1 Å². The third-order valence-corrected chi connectivity index (χ3v) is 5.70. The Bertz CT molecular complexity index is 820. The van der Waals surface area contributed by atoms with Crippen LogP contribution >= 0.6 is 0 Å². The predicted molar refractivity (Wildman–Crippen MR) is 88.2 cm³/mol. The van der Waals surface area contributed by atoms with E-state index in [1.54, 1.807) is 24.3 Å². The molecular formula is C19H19F2NO2. The molecule has 2 aromatic carbocycles. The average Bonchev–Trinajstić information content (AvgIpc) is 3.06. The van der Waals surface area contributed by atoms with Crippen LogP contribution in [0.4, 0.5) is 14.5 Å². The van der Waals surface area contributed by atoms with E-state index in [1.165, 1.54) is 6.07 Å². The second-order valence-corrected chi connectivity index (χ2v) is 6.98. The molecule has 2 saturated carbocycles. The van der Waals surface area contributed by atoms with E-state index < -0.39 is 17.3 Å². The number of aromatic hydroxyl groups is 1. The summed E-state index contributed by atoms with van der Waals surface area (Å²) >= 11 is 0. The van der Waals surface area contributed by atoms with E-state index in [4.69, 9.17) is 0 Å². The maximum Gasteiger partial charge on any atom is 0.258 e. The Hall–Kier alpha value is -2.17. The number of carbonyl (C=O) groups is 1. The first-order valence-corrected chi connectivity index (χ1v) is 8.34. The molecule has 24 heavy (non-hydrogen) atoms. The van der Waals surface area contributed by atoms with Crippen molar-refractivity contribution >= 4 is 22.4 Å². The molecule has 2 fully saturated rings. The number of benzene rings is 2. The van der Waals surface area contributed by atoms with Crippen LogP contribution < -0.4 is 5.32 Å². The third kappa shape index (κ3) is 2.10. The molecule has 2 N–H and O–H groups in total. The van der Waals surface area contributed by atoms with Crippen LogP contribution in [0, 0.1) is 11.3 Å². The van der Waals surface area contributed by atoms with Gasteiger partial charge in [-0.15, -0.1) is 0 Å². The number of amides is 1. The summed E-state index contributed by atoms with van der Waals surface area (Å²) < 4.78 is 28.3. The van der Waals surface area contributed by atoms with Gasteiger partial charge in [-0.3, -0.25) is 4.79 Å². The minimum Gasteiger partial charge on any atom is -0.507 e. The smallest absolute Gasteiger partial charge is 0.258 e. The van der Waals surface area contributed by atoms with Crippen LogP contribution in [-0.4, -0.2) is 16.9 Å². The van der Waals surface area contributed by atoms with Crippen LogP contribution in [-0.2, 0) is 4.79 Å². The van der Waals surface area contributed by atoms with Gasteiger partial charge in [0.1, 0.15) is 5.75 Å². The summed E-state index contributed by atoms with van der Waals surface area (Å²) in [7, 11) is 0. The molecule has 0 aromatic heterocycles. The zero-order valence-corrected chi connectivity index (χ0v) is 13.2. The first-order valence-electron chi connectivity index (χ1n) is 8.34. The Morgan fingerprint density at radius 2 is 1.92 bits per heavy atom. The van der Waals surface area contributed by atoms with E-state index in [9.17, 15) is 18.7 Å². The van der Waals surface area contributed by atoms with Gasteiger partial charge >= 0.3 is 0 Å². The van der Waals surface area contributed by atoms with Crippen molar-refractivity contribution in [3.05, 3.63) is 36.4 Å². The molecule has 1 amide bonds. The minimum atomic E-state index is -2.71. The second kappa shape index (κ2) is 5.16. The SMILES string of the molecule is O=C(CC12CCCCC1C2(F)F)Nc1ccc(O)c2ccccc12. The van der Waals surface area contributed by atoms with Crippen molar-refractivity contribution in [2.75, 3.05) is 5.32 Å². The van der Waals surface area contributed by atoms with Crippen molar-refractivity contribution in [2.45, 2.75) is 38.0 Å². The monoisotopic (exact) mass is 331 g/mol. The minimum absolute atomic E-state index is 0.128. The van der Waals surface area contributed by atoms with Gasteiger partial charge in [-0.2, -0.15) is 0 Å². The Balaban J connectivity index is 1.57. The van der Waals surface area contributed by atoms with Gasteiger partial charge in [0.15, 0.2) is 0 Å². The molecule has 0 heterocycles. The van der Waals surface area contributed by atoms with Crippen molar-refractivity contribution in [1.82, 2.24) is 0 Å². The molecule has 2 aliphatic rings. The molecule has 5 heteroatoms. The van der Waals surface area contributed by atoms with E-state index in [0.29, 0.717) is 29.3 Å². The quantitative estimate of drug-likeness (QED) is 0.801. The molecule has 4 rings (SSSR count). The molecule has 0 radical (unpaired) electrons. The summed E-state index contributed by atoms with van der Waals surface area (Å²) in [5.41, 5.74) is -0.594. The fraction of sp³-hybridized carbons (Fsp3) is 0.421. The summed E-state index contributed by atoms with van der Waals surface area (Å²) in [6.45, 7) is 0. The lowest BCUT2D eigenvalue weighted by molar-refractivity contribution is -0.118. The second-order valence-electron chi connectivity index (χ2n) is 6.98. The lowest BCUT2D eigenvalue weighted by Gasteiger charge is -2.20. The summed E-state index contributed by atoms with van der Waals surface area (Å²) in [4.78, 5) is 12.4. The molecule has 2 unspecified atom stereocenters. The fourth-order valence-corrected chi connectivity index (χ4v) is 4.38. The highest BCUT2D eigenvalue weighted by atomic mass is 19.3. The van der Waals surface area contributed by atoms with Crippen LogP contribution in [0.15, 0.2) is 36.4 Å². The molecule has 0 aliphatic heterocycles. The van der Waals surface area contributed by atoms with Gasteiger partial charge < -0.3 is 10.4 Å². The van der Waals surface area contributed by atoms with Crippen molar-refractivity contribution in [2.24, 2.45) is 11.3 Å². The van der Waals surface area contributed by atoms with E-state index in [2.05, 4.69) is 5.32 Å². The zero-order chi connectivity index (χ0) is 16.9.